The third-order valence-corrected chi connectivity index (χ3v) is 4.02. The molecule has 0 radical (unpaired) electrons. The van der Waals surface area contributed by atoms with E-state index in [4.69, 9.17) is 0 Å². The van der Waals surface area contributed by atoms with Crippen molar-refractivity contribution in [2.75, 3.05) is 37.6 Å². The third kappa shape index (κ3) is 4.38. The molecule has 1 aromatic rings. The Kier molecular flexibility index (Phi) is 5.48. The third-order valence-electron chi connectivity index (χ3n) is 4.02. The Labute approximate surface area is 128 Å². The number of urea groups is 1. The van der Waals surface area contributed by atoms with Crippen LogP contribution in [0, 0.1) is 12.8 Å². The lowest BCUT2D eigenvalue weighted by Crippen LogP contribution is -2.52. The molecule has 1 fully saturated rings. The van der Waals surface area contributed by atoms with Crippen molar-refractivity contribution in [1.29, 1.82) is 0 Å². The number of para-hydroxylation sites is 1. The molecule has 1 aliphatic rings. The van der Waals surface area contributed by atoms with Crippen molar-refractivity contribution in [2.45, 2.75) is 27.2 Å². The van der Waals surface area contributed by atoms with Crippen LogP contribution in [0.3, 0.4) is 0 Å². The Balaban J connectivity index is 1.80. The molecule has 0 aromatic heterocycles. The van der Waals surface area contributed by atoms with Crippen LogP contribution in [0.2, 0.25) is 0 Å². The van der Waals surface area contributed by atoms with Gasteiger partial charge < -0.3 is 15.1 Å². The average molecular weight is 289 g/mol. The van der Waals surface area contributed by atoms with Gasteiger partial charge in [-0.05, 0) is 30.9 Å². The van der Waals surface area contributed by atoms with Gasteiger partial charge in [0.2, 0.25) is 0 Å². The number of aryl methyl sites for hydroxylation is 1. The van der Waals surface area contributed by atoms with E-state index in [0.29, 0.717) is 5.92 Å². The maximum Gasteiger partial charge on any atom is 0.317 e. The molecule has 0 bridgehead atoms. The first kappa shape index (κ1) is 15.7. The predicted molar refractivity (Wildman–Crippen MR) is 87.8 cm³/mol. The number of hydrogen-bond acceptors (Lipinski definition) is 2. The number of piperazine rings is 1. The van der Waals surface area contributed by atoms with Crippen LogP contribution in [0.25, 0.3) is 0 Å². The molecule has 0 aliphatic carbocycles. The molecule has 0 atom stereocenters. The first-order valence-electron chi connectivity index (χ1n) is 7.91. The number of carbonyl (C=O) groups excluding carboxylic acids is 1. The van der Waals surface area contributed by atoms with Gasteiger partial charge in [0.15, 0.2) is 0 Å². The van der Waals surface area contributed by atoms with Crippen LogP contribution in [0.4, 0.5) is 10.5 Å². The Morgan fingerprint density at radius 2 is 1.86 bits per heavy atom. The molecule has 2 amide bonds. The van der Waals surface area contributed by atoms with E-state index in [9.17, 15) is 4.79 Å². The molecule has 4 nitrogen and oxygen atoms in total. The smallest absolute Gasteiger partial charge is 0.317 e. The van der Waals surface area contributed by atoms with Crippen molar-refractivity contribution in [1.82, 2.24) is 10.2 Å². The minimum Gasteiger partial charge on any atom is -0.368 e. The zero-order valence-corrected chi connectivity index (χ0v) is 13.4. The normalized spacial score (nSPS) is 15.4. The molecule has 1 aromatic carbocycles. The summed E-state index contributed by atoms with van der Waals surface area (Å²) >= 11 is 0. The highest BCUT2D eigenvalue weighted by atomic mass is 16.2. The molecule has 4 heteroatoms. The lowest BCUT2D eigenvalue weighted by molar-refractivity contribution is 0.194. The Morgan fingerprint density at radius 3 is 2.48 bits per heavy atom. The number of carbonyl (C=O) groups is 1. The number of amides is 2. The molecule has 1 saturated heterocycles. The van der Waals surface area contributed by atoms with Crippen molar-refractivity contribution in [2.24, 2.45) is 5.92 Å². The summed E-state index contributed by atoms with van der Waals surface area (Å²) in [6.45, 7) is 10.7. The number of hydrogen-bond donors (Lipinski definition) is 1. The van der Waals surface area contributed by atoms with Gasteiger partial charge in [-0.1, -0.05) is 32.0 Å². The Hall–Kier alpha value is -1.71. The van der Waals surface area contributed by atoms with Gasteiger partial charge in [0.05, 0.1) is 0 Å². The Morgan fingerprint density at radius 1 is 1.19 bits per heavy atom. The van der Waals surface area contributed by atoms with E-state index in [1.807, 2.05) is 4.90 Å². The number of rotatable bonds is 4. The van der Waals surface area contributed by atoms with E-state index in [-0.39, 0.29) is 6.03 Å². The highest BCUT2D eigenvalue weighted by molar-refractivity contribution is 5.74. The van der Waals surface area contributed by atoms with Crippen molar-refractivity contribution >= 4 is 11.7 Å². The van der Waals surface area contributed by atoms with Crippen molar-refractivity contribution in [3.63, 3.8) is 0 Å². The fourth-order valence-electron chi connectivity index (χ4n) is 2.65. The summed E-state index contributed by atoms with van der Waals surface area (Å²) in [5.41, 5.74) is 2.59. The van der Waals surface area contributed by atoms with Gasteiger partial charge >= 0.3 is 6.03 Å². The van der Waals surface area contributed by atoms with Crippen LogP contribution in [-0.4, -0.2) is 43.7 Å². The molecule has 0 unspecified atom stereocenters. The quantitative estimate of drug-likeness (QED) is 0.925. The van der Waals surface area contributed by atoms with Crippen LogP contribution in [-0.2, 0) is 0 Å². The molecular weight excluding hydrogens is 262 g/mol. The standard InChI is InChI=1S/C17H27N3O/c1-14(2)8-9-18-17(21)20-12-10-19(11-13-20)16-7-5-4-6-15(16)3/h4-7,14H,8-13H2,1-3H3,(H,18,21). The minimum absolute atomic E-state index is 0.0834. The minimum atomic E-state index is 0.0834. The van der Waals surface area contributed by atoms with Gasteiger partial charge in [-0.3, -0.25) is 0 Å². The van der Waals surface area contributed by atoms with Crippen molar-refractivity contribution in [3.05, 3.63) is 29.8 Å². The van der Waals surface area contributed by atoms with Gasteiger partial charge in [-0.2, -0.15) is 0 Å². The van der Waals surface area contributed by atoms with Crippen molar-refractivity contribution < 1.29 is 4.79 Å². The van der Waals surface area contributed by atoms with Gasteiger partial charge in [0.25, 0.3) is 0 Å². The second-order valence-corrected chi connectivity index (χ2v) is 6.18. The fourth-order valence-corrected chi connectivity index (χ4v) is 2.65. The van der Waals surface area contributed by atoms with E-state index in [2.05, 4.69) is 55.3 Å². The van der Waals surface area contributed by atoms with E-state index in [0.717, 1.165) is 39.1 Å². The zero-order chi connectivity index (χ0) is 15.2. The SMILES string of the molecule is Cc1ccccc1N1CCN(C(=O)NCCC(C)C)CC1. The number of nitrogens with one attached hydrogen (secondary N) is 1. The summed E-state index contributed by atoms with van der Waals surface area (Å²) in [5, 5.41) is 3.02. The second-order valence-electron chi connectivity index (χ2n) is 6.18. The first-order chi connectivity index (χ1) is 10.1. The van der Waals surface area contributed by atoms with Crippen molar-refractivity contribution in [3.8, 4) is 0 Å². The summed E-state index contributed by atoms with van der Waals surface area (Å²) < 4.78 is 0. The summed E-state index contributed by atoms with van der Waals surface area (Å²) in [5.74, 6) is 0.628. The number of benzene rings is 1. The van der Waals surface area contributed by atoms with E-state index in [1.54, 1.807) is 0 Å². The van der Waals surface area contributed by atoms with Crippen LogP contribution < -0.4 is 10.2 Å². The molecule has 0 saturated carbocycles. The molecular formula is C17H27N3O. The number of nitrogens with zero attached hydrogens (tertiary/aromatic N) is 2. The maximum atomic E-state index is 12.1. The summed E-state index contributed by atoms with van der Waals surface area (Å²) in [4.78, 5) is 16.4. The molecule has 116 valence electrons. The maximum absolute atomic E-state index is 12.1. The van der Waals surface area contributed by atoms with Crippen LogP contribution in [0.5, 0.6) is 0 Å². The monoisotopic (exact) mass is 289 g/mol. The van der Waals surface area contributed by atoms with Gasteiger partial charge in [-0.25, -0.2) is 4.79 Å². The highest BCUT2D eigenvalue weighted by Crippen LogP contribution is 2.20. The molecule has 1 heterocycles. The highest BCUT2D eigenvalue weighted by Gasteiger charge is 2.21. The van der Waals surface area contributed by atoms with Gasteiger partial charge in [0.1, 0.15) is 0 Å². The topological polar surface area (TPSA) is 35.6 Å². The predicted octanol–water partition coefficient (Wildman–Crippen LogP) is 2.87. The van der Waals surface area contributed by atoms with E-state index >= 15 is 0 Å². The summed E-state index contributed by atoms with van der Waals surface area (Å²) in [7, 11) is 0. The zero-order valence-electron chi connectivity index (χ0n) is 13.4. The lowest BCUT2D eigenvalue weighted by atomic mass is 10.1. The average Bonchev–Trinajstić information content (AvgIpc) is 2.47. The lowest BCUT2D eigenvalue weighted by Gasteiger charge is -2.36. The van der Waals surface area contributed by atoms with Gasteiger partial charge in [-0.15, -0.1) is 0 Å². The van der Waals surface area contributed by atoms with Crippen LogP contribution in [0.1, 0.15) is 25.8 Å². The number of anilines is 1. The van der Waals surface area contributed by atoms with E-state index in [1.165, 1.54) is 11.3 Å². The molecule has 2 rings (SSSR count). The molecule has 1 aliphatic heterocycles. The molecule has 21 heavy (non-hydrogen) atoms. The second kappa shape index (κ2) is 7.34. The van der Waals surface area contributed by atoms with E-state index < -0.39 is 0 Å². The van der Waals surface area contributed by atoms with Gasteiger partial charge in [0, 0.05) is 38.4 Å². The molecule has 0 spiro atoms. The molecule has 1 N–H and O–H groups in total. The fraction of sp³-hybridized carbons (Fsp3) is 0.588. The largest absolute Gasteiger partial charge is 0.368 e. The van der Waals surface area contributed by atoms with Crippen LogP contribution >= 0.6 is 0 Å². The summed E-state index contributed by atoms with van der Waals surface area (Å²) in [6, 6.07) is 8.53. The van der Waals surface area contributed by atoms with Crippen LogP contribution in [0.15, 0.2) is 24.3 Å². The summed E-state index contributed by atoms with van der Waals surface area (Å²) in [6.07, 6.45) is 1.04. The first-order valence-corrected chi connectivity index (χ1v) is 7.91. The Bertz CT molecular complexity index is 465.